The summed E-state index contributed by atoms with van der Waals surface area (Å²) < 4.78 is 26.1. The van der Waals surface area contributed by atoms with E-state index in [9.17, 15) is 13.6 Å². The first-order valence-corrected chi connectivity index (χ1v) is 5.31. The summed E-state index contributed by atoms with van der Waals surface area (Å²) in [4.78, 5) is 13.0. The van der Waals surface area contributed by atoms with E-state index in [1.165, 1.54) is 4.90 Å². The summed E-state index contributed by atoms with van der Waals surface area (Å²) >= 11 is 0. The van der Waals surface area contributed by atoms with Crippen LogP contribution in [0.15, 0.2) is 0 Å². The van der Waals surface area contributed by atoms with Gasteiger partial charge in [-0.3, -0.25) is 4.79 Å². The van der Waals surface area contributed by atoms with Gasteiger partial charge in [-0.05, 0) is 19.8 Å². The number of likely N-dealkylation sites (tertiary alicyclic amines) is 1. The third-order valence-corrected chi connectivity index (χ3v) is 2.85. The van der Waals surface area contributed by atoms with E-state index in [4.69, 9.17) is 5.73 Å². The molecule has 1 fully saturated rings. The van der Waals surface area contributed by atoms with Crippen LogP contribution in [0, 0.1) is 5.92 Å². The lowest BCUT2D eigenvalue weighted by molar-refractivity contribution is -0.136. The smallest absolute Gasteiger partial charge is 0.249 e. The summed E-state index contributed by atoms with van der Waals surface area (Å²) in [5.41, 5.74) is 5.26. The summed E-state index contributed by atoms with van der Waals surface area (Å²) in [6, 6.07) is 0. The number of hydrogen-bond acceptors (Lipinski definition) is 2. The van der Waals surface area contributed by atoms with Gasteiger partial charge in [0.1, 0.15) is 0 Å². The predicted molar refractivity (Wildman–Crippen MR) is 53.6 cm³/mol. The molecule has 1 saturated heterocycles. The number of piperidine rings is 1. The van der Waals surface area contributed by atoms with Gasteiger partial charge >= 0.3 is 0 Å². The summed E-state index contributed by atoms with van der Waals surface area (Å²) in [6.07, 6.45) is 1.41. The van der Waals surface area contributed by atoms with E-state index in [-0.39, 0.29) is 25.4 Å². The van der Waals surface area contributed by atoms with Gasteiger partial charge in [0.25, 0.3) is 0 Å². The summed E-state index contributed by atoms with van der Waals surface area (Å²) in [5, 5.41) is 0. The average Bonchev–Trinajstić information content (AvgIpc) is 2.17. The Morgan fingerprint density at radius 2 is 2.27 bits per heavy atom. The molecule has 1 atom stereocenters. The number of nitrogens with two attached hydrogens (primary N) is 1. The minimum atomic E-state index is -2.69. The van der Waals surface area contributed by atoms with Crippen molar-refractivity contribution in [1.29, 1.82) is 0 Å². The van der Waals surface area contributed by atoms with Crippen molar-refractivity contribution >= 4 is 5.91 Å². The van der Waals surface area contributed by atoms with Crippen molar-refractivity contribution < 1.29 is 13.6 Å². The third kappa shape index (κ3) is 3.41. The number of hydrogen-bond donors (Lipinski definition) is 1. The largest absolute Gasteiger partial charge is 0.342 e. The zero-order chi connectivity index (χ0) is 11.5. The first-order valence-electron chi connectivity index (χ1n) is 5.31. The van der Waals surface area contributed by atoms with Gasteiger partial charge in [0.2, 0.25) is 11.8 Å². The van der Waals surface area contributed by atoms with Crippen LogP contribution >= 0.6 is 0 Å². The standard InChI is InChI=1S/C10H18F2N2O/c1-10(11,12)8-3-2-6-14(7-8)9(15)4-5-13/h8H,2-7,13H2,1H3/t8-/m0/s1. The fourth-order valence-corrected chi connectivity index (χ4v) is 1.90. The van der Waals surface area contributed by atoms with Crippen molar-refractivity contribution in [2.24, 2.45) is 11.7 Å². The fourth-order valence-electron chi connectivity index (χ4n) is 1.90. The van der Waals surface area contributed by atoms with E-state index >= 15 is 0 Å². The molecule has 15 heavy (non-hydrogen) atoms. The number of amides is 1. The Kier molecular flexibility index (Phi) is 4.02. The van der Waals surface area contributed by atoms with Crippen LogP contribution in [-0.2, 0) is 4.79 Å². The molecule has 0 radical (unpaired) electrons. The van der Waals surface area contributed by atoms with Crippen molar-refractivity contribution in [2.75, 3.05) is 19.6 Å². The SMILES string of the molecule is CC(F)(F)[C@H]1CCCN(C(=O)CCN)C1. The Morgan fingerprint density at radius 3 is 2.80 bits per heavy atom. The van der Waals surface area contributed by atoms with E-state index in [0.717, 1.165) is 6.92 Å². The highest BCUT2D eigenvalue weighted by molar-refractivity contribution is 5.76. The molecule has 0 aromatic carbocycles. The second-order valence-electron chi connectivity index (χ2n) is 4.17. The number of alkyl halides is 2. The Labute approximate surface area is 88.6 Å². The maximum Gasteiger partial charge on any atom is 0.249 e. The molecule has 0 aromatic heterocycles. The van der Waals surface area contributed by atoms with Crippen LogP contribution in [0.5, 0.6) is 0 Å². The van der Waals surface area contributed by atoms with Gasteiger partial charge in [-0.2, -0.15) is 0 Å². The Bertz CT molecular complexity index is 228. The fraction of sp³-hybridized carbons (Fsp3) is 0.900. The van der Waals surface area contributed by atoms with E-state index < -0.39 is 11.8 Å². The van der Waals surface area contributed by atoms with Gasteiger partial charge in [0.05, 0.1) is 0 Å². The Morgan fingerprint density at radius 1 is 1.60 bits per heavy atom. The third-order valence-electron chi connectivity index (χ3n) is 2.85. The van der Waals surface area contributed by atoms with Crippen LogP contribution in [0.1, 0.15) is 26.2 Å². The Hall–Kier alpha value is -0.710. The molecule has 0 unspecified atom stereocenters. The molecule has 1 rings (SSSR count). The summed E-state index contributed by atoms with van der Waals surface area (Å²) in [6.45, 7) is 1.96. The average molecular weight is 220 g/mol. The summed E-state index contributed by atoms with van der Waals surface area (Å²) in [7, 11) is 0. The maximum absolute atomic E-state index is 13.1. The highest BCUT2D eigenvalue weighted by Gasteiger charge is 2.37. The van der Waals surface area contributed by atoms with Crippen LogP contribution in [0.3, 0.4) is 0 Å². The molecule has 1 amide bonds. The van der Waals surface area contributed by atoms with Gasteiger partial charge in [0.15, 0.2) is 0 Å². The molecule has 1 heterocycles. The zero-order valence-corrected chi connectivity index (χ0v) is 9.01. The first-order chi connectivity index (χ1) is 6.95. The molecule has 0 bridgehead atoms. The second-order valence-corrected chi connectivity index (χ2v) is 4.17. The van der Waals surface area contributed by atoms with Crippen LogP contribution in [0.25, 0.3) is 0 Å². The molecule has 0 saturated carbocycles. The van der Waals surface area contributed by atoms with Crippen molar-refractivity contribution in [3.63, 3.8) is 0 Å². The molecule has 0 aliphatic carbocycles. The summed E-state index contributed by atoms with van der Waals surface area (Å²) in [5.74, 6) is -3.50. The van der Waals surface area contributed by atoms with Crippen molar-refractivity contribution in [2.45, 2.75) is 32.1 Å². The predicted octanol–water partition coefficient (Wildman–Crippen LogP) is 1.23. The van der Waals surface area contributed by atoms with Crippen LogP contribution < -0.4 is 5.73 Å². The highest BCUT2D eigenvalue weighted by Crippen LogP contribution is 2.31. The minimum absolute atomic E-state index is 0.105. The van der Waals surface area contributed by atoms with E-state index in [1.54, 1.807) is 0 Å². The lowest BCUT2D eigenvalue weighted by Gasteiger charge is -2.35. The number of carbonyl (C=O) groups excluding carboxylic acids is 1. The number of nitrogens with zero attached hydrogens (tertiary/aromatic N) is 1. The number of rotatable bonds is 3. The zero-order valence-electron chi connectivity index (χ0n) is 9.01. The molecule has 0 spiro atoms. The lowest BCUT2D eigenvalue weighted by Crippen LogP contribution is -2.45. The number of carbonyl (C=O) groups is 1. The van der Waals surface area contributed by atoms with Crippen LogP contribution in [0.2, 0.25) is 0 Å². The van der Waals surface area contributed by atoms with Crippen LogP contribution in [0.4, 0.5) is 8.78 Å². The van der Waals surface area contributed by atoms with Crippen molar-refractivity contribution in [3.05, 3.63) is 0 Å². The van der Waals surface area contributed by atoms with Crippen molar-refractivity contribution in [3.8, 4) is 0 Å². The second kappa shape index (κ2) is 4.88. The molecular weight excluding hydrogens is 202 g/mol. The Balaban J connectivity index is 2.52. The topological polar surface area (TPSA) is 46.3 Å². The maximum atomic E-state index is 13.1. The quantitative estimate of drug-likeness (QED) is 0.777. The monoisotopic (exact) mass is 220 g/mol. The molecule has 2 N–H and O–H groups in total. The minimum Gasteiger partial charge on any atom is -0.342 e. The van der Waals surface area contributed by atoms with Gasteiger partial charge in [-0.15, -0.1) is 0 Å². The molecule has 0 aromatic rings. The molecule has 5 heteroatoms. The van der Waals surface area contributed by atoms with Gasteiger partial charge < -0.3 is 10.6 Å². The van der Waals surface area contributed by atoms with Gasteiger partial charge in [-0.25, -0.2) is 8.78 Å². The highest BCUT2D eigenvalue weighted by atomic mass is 19.3. The van der Waals surface area contributed by atoms with E-state index in [1.807, 2.05) is 0 Å². The molecular formula is C10H18F2N2O. The lowest BCUT2D eigenvalue weighted by atomic mass is 9.92. The van der Waals surface area contributed by atoms with Gasteiger partial charge in [0, 0.05) is 32.0 Å². The van der Waals surface area contributed by atoms with E-state index in [2.05, 4.69) is 0 Å². The molecule has 88 valence electrons. The van der Waals surface area contributed by atoms with Crippen molar-refractivity contribution in [1.82, 2.24) is 4.90 Å². The molecule has 1 aliphatic rings. The van der Waals surface area contributed by atoms with Crippen LogP contribution in [-0.4, -0.2) is 36.4 Å². The number of halogens is 2. The van der Waals surface area contributed by atoms with Gasteiger partial charge in [-0.1, -0.05) is 0 Å². The van der Waals surface area contributed by atoms with E-state index in [0.29, 0.717) is 19.4 Å². The first kappa shape index (κ1) is 12.4. The normalized spacial score (nSPS) is 22.9. The molecule has 3 nitrogen and oxygen atoms in total. The molecule has 1 aliphatic heterocycles.